The number of ether oxygens (including phenoxy) is 2. The molecule has 578 valence electrons. The highest BCUT2D eigenvalue weighted by Gasteiger charge is 2.31. The zero-order valence-electron chi connectivity index (χ0n) is 69.8. The molecule has 8 heteroatoms. The number of carbonyl (C=O) groups is 2. The summed E-state index contributed by atoms with van der Waals surface area (Å²) in [7, 11) is 2.79. The van der Waals surface area contributed by atoms with E-state index < -0.39 is 11.9 Å². The molecule has 0 saturated heterocycles. The van der Waals surface area contributed by atoms with Gasteiger partial charge in [0.05, 0.1) is 38.6 Å². The van der Waals surface area contributed by atoms with Gasteiger partial charge in [-0.05, 0) is 378 Å². The van der Waals surface area contributed by atoms with Gasteiger partial charge in [0, 0.05) is 10.7 Å². The SMILES string of the molecule is CCCCc1c(C(=O)OC)c(C(=O)OC)c(CCCC)c2cc3c(CC)c(CC)c(CC)c(CC)c3cc12.CCCCc1c(CBr)c(CBr)c(CCCC)c2cc3c(CC)c(CC)c(CC)c(CC)c3cc12.CCCCc1c(CO)c(CO)c(CCCC)c2cc3c(CC)c(CC)c(CC)c(CC)c3cc12. The fourth-order valence-corrected chi connectivity index (χ4v) is 20.3. The van der Waals surface area contributed by atoms with E-state index in [0.717, 1.165) is 185 Å². The molecule has 0 heterocycles. The highest BCUT2D eigenvalue weighted by Crippen LogP contribution is 2.46. The summed E-state index contributed by atoms with van der Waals surface area (Å²) in [5, 5.41) is 39.0. The van der Waals surface area contributed by atoms with Gasteiger partial charge in [-0.15, -0.1) is 0 Å². The van der Waals surface area contributed by atoms with Gasteiger partial charge in [-0.1, -0.05) is 195 Å². The minimum absolute atomic E-state index is 0.00211. The van der Waals surface area contributed by atoms with Crippen LogP contribution >= 0.6 is 31.9 Å². The molecule has 0 atom stereocenters. The molecule has 0 unspecified atom stereocenters. The normalized spacial score (nSPS) is 11.6. The monoisotopic (exact) mass is 1570 g/mol. The predicted octanol–water partition coefficient (Wildman–Crippen LogP) is 27.1. The Labute approximate surface area is 658 Å². The second kappa shape index (κ2) is 42.5. The minimum Gasteiger partial charge on any atom is -0.465 e. The van der Waals surface area contributed by atoms with Crippen LogP contribution in [0.5, 0.6) is 0 Å². The van der Waals surface area contributed by atoms with E-state index >= 15 is 0 Å². The molecular weight excluding hydrogens is 1430 g/mol. The van der Waals surface area contributed by atoms with Crippen LogP contribution in [0.3, 0.4) is 0 Å². The van der Waals surface area contributed by atoms with E-state index in [-0.39, 0.29) is 13.2 Å². The van der Waals surface area contributed by atoms with E-state index in [1.54, 1.807) is 44.5 Å². The first-order valence-corrected chi connectivity index (χ1v) is 44.5. The quantitative estimate of drug-likeness (QED) is 0.0231. The third-order valence-corrected chi connectivity index (χ3v) is 25.1. The van der Waals surface area contributed by atoms with Gasteiger partial charge in [-0.25, -0.2) is 9.59 Å². The minimum atomic E-state index is -0.461. The number of fused-ring (bicyclic) bond motifs is 6. The molecule has 0 aliphatic heterocycles. The molecule has 0 saturated carbocycles. The summed E-state index contributed by atoms with van der Waals surface area (Å²) in [5.41, 5.74) is 31.6. The zero-order valence-corrected chi connectivity index (χ0v) is 73.0. The fourth-order valence-electron chi connectivity index (χ4n) is 18.9. The zero-order chi connectivity index (χ0) is 77.6. The number of aliphatic hydroxyl groups excluding tert-OH is 2. The number of halogens is 2. The lowest BCUT2D eigenvalue weighted by Crippen LogP contribution is -2.19. The summed E-state index contributed by atoms with van der Waals surface area (Å²) in [6.45, 7) is 41.0. The third kappa shape index (κ3) is 17.6. The Morgan fingerprint density at radius 2 is 0.406 bits per heavy atom. The molecule has 0 bridgehead atoms. The first-order chi connectivity index (χ1) is 51.5. The molecule has 0 fully saturated rings. The topological polar surface area (TPSA) is 93.1 Å². The number of rotatable bonds is 36. The number of alkyl halides is 2. The number of aliphatic hydroxyl groups is 2. The van der Waals surface area contributed by atoms with Crippen molar-refractivity contribution in [2.45, 2.75) is 341 Å². The van der Waals surface area contributed by atoms with Crippen molar-refractivity contribution >= 4 is 108 Å². The van der Waals surface area contributed by atoms with E-state index in [4.69, 9.17) is 9.47 Å². The molecule has 0 spiro atoms. The Morgan fingerprint density at radius 1 is 0.245 bits per heavy atom. The van der Waals surface area contributed by atoms with Crippen molar-refractivity contribution in [3.05, 3.63) is 170 Å². The van der Waals surface area contributed by atoms with Crippen LogP contribution < -0.4 is 0 Å². The Hall–Kier alpha value is -5.64. The van der Waals surface area contributed by atoms with Crippen LogP contribution in [0.1, 0.15) is 345 Å². The first kappa shape index (κ1) is 87.6. The van der Waals surface area contributed by atoms with Gasteiger partial charge in [0.1, 0.15) is 0 Å². The highest BCUT2D eigenvalue weighted by molar-refractivity contribution is 9.09. The molecule has 0 aromatic heterocycles. The molecular formula is C98H136Br2O6. The number of aryl methyl sites for hydroxylation is 12. The Morgan fingerprint density at radius 3 is 0.557 bits per heavy atom. The lowest BCUT2D eigenvalue weighted by molar-refractivity contribution is 0.0553. The first-order valence-electron chi connectivity index (χ1n) is 42.3. The van der Waals surface area contributed by atoms with E-state index in [1.165, 1.54) is 162 Å². The summed E-state index contributed by atoms with van der Waals surface area (Å²) < 4.78 is 10.6. The Kier molecular flexibility index (Phi) is 35.1. The van der Waals surface area contributed by atoms with Crippen molar-refractivity contribution in [2.24, 2.45) is 0 Å². The van der Waals surface area contributed by atoms with Gasteiger partial charge in [0.25, 0.3) is 0 Å². The van der Waals surface area contributed by atoms with Gasteiger partial charge < -0.3 is 19.7 Å². The van der Waals surface area contributed by atoms with E-state index in [1.807, 2.05) is 0 Å². The molecule has 9 rings (SSSR count). The molecule has 2 N–H and O–H groups in total. The number of unbranched alkanes of at least 4 members (excludes halogenated alkanes) is 6. The summed E-state index contributed by atoms with van der Waals surface area (Å²) in [4.78, 5) is 26.7. The van der Waals surface area contributed by atoms with Crippen LogP contribution in [0.4, 0.5) is 0 Å². The number of esters is 2. The summed E-state index contributed by atoms with van der Waals surface area (Å²) in [6.07, 6.45) is 31.5. The van der Waals surface area contributed by atoms with E-state index in [9.17, 15) is 19.8 Å². The van der Waals surface area contributed by atoms with Crippen LogP contribution in [0, 0.1) is 0 Å². The molecule has 0 aliphatic carbocycles. The largest absolute Gasteiger partial charge is 0.465 e. The van der Waals surface area contributed by atoms with Crippen LogP contribution in [-0.2, 0) is 149 Å². The maximum absolute atomic E-state index is 13.3. The van der Waals surface area contributed by atoms with Gasteiger partial charge in [-0.2, -0.15) is 0 Å². The van der Waals surface area contributed by atoms with Gasteiger partial charge in [-0.3, -0.25) is 0 Å². The van der Waals surface area contributed by atoms with Crippen LogP contribution in [0.2, 0.25) is 0 Å². The number of hydrogen-bond acceptors (Lipinski definition) is 6. The lowest BCUT2D eigenvalue weighted by atomic mass is 9.80. The summed E-state index contributed by atoms with van der Waals surface area (Å²) >= 11 is 7.80. The van der Waals surface area contributed by atoms with Crippen molar-refractivity contribution in [1.29, 1.82) is 0 Å². The van der Waals surface area contributed by atoms with Crippen molar-refractivity contribution in [2.75, 3.05) is 14.2 Å². The van der Waals surface area contributed by atoms with Gasteiger partial charge in [0.2, 0.25) is 0 Å². The maximum Gasteiger partial charge on any atom is 0.339 e. The second-order valence-corrected chi connectivity index (χ2v) is 30.7. The Balaban J connectivity index is 0.000000222. The second-order valence-electron chi connectivity index (χ2n) is 29.5. The predicted molar refractivity (Wildman–Crippen MR) is 468 cm³/mol. The number of methoxy groups -OCH3 is 2. The summed E-state index contributed by atoms with van der Waals surface area (Å²) in [6, 6.07) is 14.8. The highest BCUT2D eigenvalue weighted by atomic mass is 79.9. The van der Waals surface area contributed by atoms with Crippen LogP contribution in [0.25, 0.3) is 64.6 Å². The molecule has 9 aromatic carbocycles. The average molecular weight is 1570 g/mol. The van der Waals surface area contributed by atoms with Crippen LogP contribution in [0.15, 0.2) is 36.4 Å². The molecule has 106 heavy (non-hydrogen) atoms. The number of benzene rings is 9. The van der Waals surface area contributed by atoms with Crippen molar-refractivity contribution in [3.8, 4) is 0 Å². The molecule has 0 radical (unpaired) electrons. The smallest absolute Gasteiger partial charge is 0.339 e. The fraction of sp³-hybridized carbons (Fsp3) is 0.551. The van der Waals surface area contributed by atoms with Gasteiger partial charge >= 0.3 is 11.9 Å². The lowest BCUT2D eigenvalue weighted by Gasteiger charge is -2.25. The maximum atomic E-state index is 13.3. The average Bonchev–Trinajstić information content (AvgIpc) is 0.740. The van der Waals surface area contributed by atoms with E-state index in [2.05, 4.69) is 193 Å². The molecule has 0 aliphatic rings. The number of carbonyl (C=O) groups excluding carboxylic acids is 2. The Bertz CT molecular complexity index is 4060. The van der Waals surface area contributed by atoms with Crippen molar-refractivity contribution < 1.29 is 29.3 Å². The molecule has 0 amide bonds. The molecule has 6 nitrogen and oxygen atoms in total. The van der Waals surface area contributed by atoms with E-state index in [0.29, 0.717) is 24.0 Å². The number of hydrogen-bond donors (Lipinski definition) is 2. The van der Waals surface area contributed by atoms with Crippen molar-refractivity contribution in [1.82, 2.24) is 0 Å². The standard InChI is InChI=1S/C34H46O4.C32H44Br2.C32H46O2/c1-9-15-17-25-29-19-27-23(13-5)21(11-3)22(12-4)24(14-6)28(27)20-30(29)26(18-16-10-2)32(34(36)38-8)31(25)33(35)37-7;2*1-7-13-15-25-29-17-27-23(11-5)21(9-3)22(10-4)24(12-6)28(27)18-30(29)26(16-14-8-2)32(20-34)31(25)19-33/h19-20H,9-18H2,1-8H3;17-18H,7-16,19-20H2,1-6H3;17-18,33-34H,7-16,19-20H2,1-6H3. The van der Waals surface area contributed by atoms with Gasteiger partial charge in [0.15, 0.2) is 0 Å². The van der Waals surface area contributed by atoms with Crippen molar-refractivity contribution in [3.63, 3.8) is 0 Å². The third-order valence-electron chi connectivity index (χ3n) is 24.0. The molecule has 9 aromatic rings. The van der Waals surface area contributed by atoms with Crippen LogP contribution in [-0.4, -0.2) is 36.4 Å². The summed E-state index contributed by atoms with van der Waals surface area (Å²) in [5.74, 6) is -0.923.